The van der Waals surface area contributed by atoms with Crippen LogP contribution in [-0.2, 0) is 12.6 Å². The van der Waals surface area contributed by atoms with Crippen molar-refractivity contribution in [1.82, 2.24) is 20.8 Å². The van der Waals surface area contributed by atoms with E-state index in [1.165, 1.54) is 12.1 Å². The highest BCUT2D eigenvalue weighted by Gasteiger charge is 2.30. The molecule has 0 saturated heterocycles. The number of hydrogen-bond acceptors (Lipinski definition) is 6. The summed E-state index contributed by atoms with van der Waals surface area (Å²) in [4.78, 5) is 27.0. The maximum absolute atomic E-state index is 12.7. The van der Waals surface area contributed by atoms with Crippen LogP contribution in [0.2, 0.25) is 5.15 Å². The van der Waals surface area contributed by atoms with Gasteiger partial charge in [-0.2, -0.15) is 18.2 Å². The van der Waals surface area contributed by atoms with E-state index in [2.05, 4.69) is 30.8 Å². The zero-order valence-corrected chi connectivity index (χ0v) is 16.5. The number of hydrazine groups is 1. The summed E-state index contributed by atoms with van der Waals surface area (Å²) in [7, 11) is 0. The number of aromatic nitrogens is 2. The van der Waals surface area contributed by atoms with E-state index in [0.29, 0.717) is 5.56 Å². The minimum atomic E-state index is -4.43. The van der Waals surface area contributed by atoms with E-state index in [9.17, 15) is 18.0 Å². The van der Waals surface area contributed by atoms with Crippen LogP contribution in [0.1, 0.15) is 21.6 Å². The Balaban J connectivity index is 1.91. The van der Waals surface area contributed by atoms with Crippen molar-refractivity contribution in [3.8, 4) is 0 Å². The van der Waals surface area contributed by atoms with Gasteiger partial charge < -0.3 is 22.9 Å². The molecule has 1 aromatic heterocycles. The van der Waals surface area contributed by atoms with Crippen molar-refractivity contribution in [3.63, 3.8) is 0 Å². The third-order valence-electron chi connectivity index (χ3n) is 3.59. The normalized spacial score (nSPS) is 12.5. The van der Waals surface area contributed by atoms with Crippen LogP contribution in [0, 0.1) is 0 Å². The first-order valence-electron chi connectivity index (χ1n) is 8.42. The summed E-state index contributed by atoms with van der Waals surface area (Å²) in [5, 5.41) is -0.210. The van der Waals surface area contributed by atoms with Crippen molar-refractivity contribution in [2.45, 2.75) is 12.6 Å². The number of amides is 1. The van der Waals surface area contributed by atoms with E-state index in [0.717, 1.165) is 12.1 Å². The molecule has 0 aliphatic carbocycles. The molecule has 0 aliphatic rings. The van der Waals surface area contributed by atoms with Crippen LogP contribution in [0.15, 0.2) is 34.3 Å². The molecule has 1 aromatic carbocycles. The molecule has 0 saturated carbocycles. The number of rotatable bonds is 4. The summed E-state index contributed by atoms with van der Waals surface area (Å²) in [6.07, 6.45) is -4.23. The lowest BCUT2D eigenvalue weighted by Gasteiger charge is -2.09. The van der Waals surface area contributed by atoms with E-state index < -0.39 is 17.6 Å². The molecule has 0 spiro atoms. The minimum absolute atomic E-state index is 0.0618. The zero-order valence-electron chi connectivity index (χ0n) is 15.7. The maximum Gasteiger partial charge on any atom is 0.416 e. The van der Waals surface area contributed by atoms with Crippen LogP contribution in [0.25, 0.3) is 0 Å². The molecule has 31 heavy (non-hydrogen) atoms. The molecule has 0 atom stereocenters. The van der Waals surface area contributed by atoms with Gasteiger partial charge in [0.2, 0.25) is 11.9 Å². The number of nitrogens with two attached hydrogens (primary N) is 4. The Morgan fingerprint density at radius 1 is 1.13 bits per heavy atom. The van der Waals surface area contributed by atoms with Gasteiger partial charge in [-0.05, 0) is 18.1 Å². The first-order chi connectivity index (χ1) is 14.5. The largest absolute Gasteiger partial charge is 0.416 e. The highest BCUT2D eigenvalue weighted by atomic mass is 35.5. The van der Waals surface area contributed by atoms with Gasteiger partial charge in [-0.15, -0.1) is 0 Å². The van der Waals surface area contributed by atoms with Gasteiger partial charge in [-0.1, -0.05) is 29.8 Å². The number of carbonyl (C=O) groups is 1. The number of nitrogen functional groups attached to an aromatic ring is 2. The molecule has 0 radical (unpaired) electrons. The van der Waals surface area contributed by atoms with Gasteiger partial charge in [0.25, 0.3) is 5.91 Å². The van der Waals surface area contributed by atoms with Crippen LogP contribution in [0.5, 0.6) is 0 Å². The van der Waals surface area contributed by atoms with Crippen LogP contribution in [0.4, 0.5) is 24.8 Å². The number of aliphatic imine (C=N–C) groups is 2. The summed E-state index contributed by atoms with van der Waals surface area (Å²) in [5.74, 6) is -1.82. The van der Waals surface area contributed by atoms with Crippen molar-refractivity contribution in [2.24, 2.45) is 21.5 Å². The second-order valence-corrected chi connectivity index (χ2v) is 6.26. The number of carbonyl (C=O) groups excluding carboxylic acids is 1. The molecule has 2 aromatic rings. The number of nitrogens with zero attached hydrogens (tertiary/aromatic N) is 4. The second kappa shape index (κ2) is 9.80. The van der Waals surface area contributed by atoms with Gasteiger partial charge in [0.1, 0.15) is 0 Å². The smallest absolute Gasteiger partial charge is 0.382 e. The Kier molecular flexibility index (Phi) is 7.42. The summed E-state index contributed by atoms with van der Waals surface area (Å²) in [6, 6.07) is 4.84. The summed E-state index contributed by atoms with van der Waals surface area (Å²) < 4.78 is 38.1. The highest BCUT2D eigenvalue weighted by molar-refractivity contribution is 6.31. The molecule has 0 fully saturated rings. The van der Waals surface area contributed by atoms with E-state index >= 15 is 0 Å². The molecule has 15 heteroatoms. The monoisotopic (exact) mass is 458 g/mol. The first-order valence-corrected chi connectivity index (χ1v) is 8.80. The Morgan fingerprint density at radius 3 is 2.52 bits per heavy atom. The third kappa shape index (κ3) is 6.88. The van der Waals surface area contributed by atoms with Crippen molar-refractivity contribution >= 4 is 41.1 Å². The Labute approximate surface area is 178 Å². The zero-order chi connectivity index (χ0) is 23.2. The van der Waals surface area contributed by atoms with Gasteiger partial charge in [-0.3, -0.25) is 20.6 Å². The molecular formula is C16H18ClF3N10O. The fraction of sp³-hybridized carbons (Fsp3) is 0.188. The molecule has 1 amide bonds. The molecule has 0 unspecified atom stereocenters. The van der Waals surface area contributed by atoms with Gasteiger partial charge >= 0.3 is 6.18 Å². The van der Waals surface area contributed by atoms with Crippen LogP contribution in [0.3, 0.4) is 0 Å². The van der Waals surface area contributed by atoms with E-state index in [4.69, 9.17) is 34.5 Å². The molecule has 11 nitrogen and oxygen atoms in total. The molecule has 2 rings (SSSR count). The predicted molar refractivity (Wildman–Crippen MR) is 110 cm³/mol. The number of nitrogens with one attached hydrogen (secondary N) is 2. The Bertz CT molecular complexity index is 1030. The SMILES string of the molecule is NC(=NCCc1cccc(C(F)(F)F)c1)N=C(N)NNC(=O)c1nc(Cl)c(N)nc1N. The lowest BCUT2D eigenvalue weighted by molar-refractivity contribution is -0.137. The fourth-order valence-electron chi connectivity index (χ4n) is 2.18. The van der Waals surface area contributed by atoms with E-state index in [1.807, 2.05) is 0 Å². The lowest BCUT2D eigenvalue weighted by Crippen LogP contribution is -2.46. The molecule has 0 bridgehead atoms. The van der Waals surface area contributed by atoms with E-state index in [1.54, 1.807) is 0 Å². The van der Waals surface area contributed by atoms with Crippen LogP contribution in [-0.4, -0.2) is 34.3 Å². The van der Waals surface area contributed by atoms with Crippen LogP contribution < -0.4 is 33.8 Å². The number of guanidine groups is 2. The second-order valence-electron chi connectivity index (χ2n) is 5.90. The first kappa shape index (κ1) is 23.5. The molecule has 10 N–H and O–H groups in total. The number of benzene rings is 1. The van der Waals surface area contributed by atoms with Gasteiger partial charge in [0, 0.05) is 6.54 Å². The van der Waals surface area contributed by atoms with Gasteiger partial charge in [0.15, 0.2) is 22.5 Å². The molecular weight excluding hydrogens is 441 g/mol. The number of halogens is 4. The van der Waals surface area contributed by atoms with Gasteiger partial charge in [-0.25, -0.2) is 9.97 Å². The predicted octanol–water partition coefficient (Wildman–Crippen LogP) is 0.420. The fourth-order valence-corrected chi connectivity index (χ4v) is 2.30. The summed E-state index contributed by atoms with van der Waals surface area (Å²) in [5.41, 5.74) is 25.9. The molecule has 1 heterocycles. The molecule has 166 valence electrons. The lowest BCUT2D eigenvalue weighted by atomic mass is 10.1. The Morgan fingerprint density at radius 2 is 1.84 bits per heavy atom. The number of hydrogen-bond donors (Lipinski definition) is 6. The van der Waals surface area contributed by atoms with E-state index in [-0.39, 0.29) is 47.4 Å². The summed E-state index contributed by atoms with van der Waals surface area (Å²) in [6.45, 7) is 0.0618. The number of alkyl halides is 3. The van der Waals surface area contributed by atoms with Crippen molar-refractivity contribution in [1.29, 1.82) is 0 Å². The van der Waals surface area contributed by atoms with Crippen LogP contribution >= 0.6 is 11.6 Å². The average molecular weight is 459 g/mol. The highest BCUT2D eigenvalue weighted by Crippen LogP contribution is 2.29. The standard InChI is InChI=1S/C16H18ClF3N10O/c17-10-12(22)27-11(21)9(26-10)13(31)29-30-15(24)28-14(23)25-5-4-7-2-1-3-8(6-7)16(18,19)20/h1-3,6H,4-5H2,(H,29,31)(H4,21,22,27)(H5,23,24,25,28,30). The maximum atomic E-state index is 12.7. The Hall–Kier alpha value is -3.81. The van der Waals surface area contributed by atoms with Crippen molar-refractivity contribution in [2.75, 3.05) is 18.0 Å². The third-order valence-corrected chi connectivity index (χ3v) is 3.87. The number of anilines is 2. The molecule has 0 aliphatic heterocycles. The average Bonchev–Trinajstić information content (AvgIpc) is 2.68. The topological polar surface area (TPSA) is 196 Å². The van der Waals surface area contributed by atoms with Crippen molar-refractivity contribution in [3.05, 3.63) is 46.2 Å². The summed E-state index contributed by atoms with van der Waals surface area (Å²) >= 11 is 5.69. The quantitative estimate of drug-likeness (QED) is 0.215. The van der Waals surface area contributed by atoms with Gasteiger partial charge in [0.05, 0.1) is 5.56 Å². The minimum Gasteiger partial charge on any atom is -0.382 e. The van der Waals surface area contributed by atoms with Crippen molar-refractivity contribution < 1.29 is 18.0 Å².